The van der Waals surface area contributed by atoms with Crippen molar-refractivity contribution in [1.29, 1.82) is 0 Å². The van der Waals surface area contributed by atoms with Gasteiger partial charge in [0.1, 0.15) is 0 Å². The third-order valence-corrected chi connectivity index (χ3v) is 0.352. The minimum atomic E-state index is 0.00463. The molecule has 30 valence electrons. The summed E-state index contributed by atoms with van der Waals surface area (Å²) in [5, 5.41) is 2.39. The van der Waals surface area contributed by atoms with Crippen LogP contribution in [0, 0.1) is 0 Å². The van der Waals surface area contributed by atoms with Crippen LogP contribution in [0.25, 0.3) is 0 Å². The molecule has 5 heavy (non-hydrogen) atoms. The standard InChI is InChI=1S/C3H7NO/c1-3(5)4-2/h1-2H3,(H,4,5)/i1+1,2+1,3+1,4+1. The fourth-order valence-electron chi connectivity index (χ4n) is 0. The van der Waals surface area contributed by atoms with Gasteiger partial charge in [-0.25, -0.2) is 0 Å². The third kappa shape index (κ3) is 3.47. The smallest absolute Gasteiger partial charge is 0.216 e. The van der Waals surface area contributed by atoms with E-state index < -0.39 is 0 Å². The van der Waals surface area contributed by atoms with E-state index in [1.54, 1.807) is 7.05 Å². The monoisotopic (exact) mass is 77.1 g/mol. The molecule has 0 spiro atoms. The van der Waals surface area contributed by atoms with Crippen molar-refractivity contribution in [3.05, 3.63) is 0 Å². The summed E-state index contributed by atoms with van der Waals surface area (Å²) >= 11 is 0. The number of hydrogen-bond acceptors (Lipinski definition) is 1. The van der Waals surface area contributed by atoms with Crippen LogP contribution in [-0.4, -0.2) is 13.0 Å². The normalized spacial score (nSPS) is 6.80. The van der Waals surface area contributed by atoms with Crippen molar-refractivity contribution in [2.45, 2.75) is 6.92 Å². The molecule has 0 bridgehead atoms. The van der Waals surface area contributed by atoms with Crippen molar-refractivity contribution in [2.75, 3.05) is 7.05 Å². The molecule has 0 saturated heterocycles. The first kappa shape index (κ1) is 4.47. The van der Waals surface area contributed by atoms with Crippen molar-refractivity contribution in [1.82, 2.24) is 5.32 Å². The molecule has 0 aliphatic carbocycles. The van der Waals surface area contributed by atoms with Gasteiger partial charge in [-0.1, -0.05) is 0 Å². The predicted octanol–water partition coefficient (Wildman–Crippen LogP) is -0.248. The van der Waals surface area contributed by atoms with E-state index in [0.29, 0.717) is 0 Å². The predicted molar refractivity (Wildman–Crippen MR) is 19.7 cm³/mol. The summed E-state index contributed by atoms with van der Waals surface area (Å²) in [5.41, 5.74) is 0. The average Bonchev–Trinajstić information content (AvgIpc) is 1.38. The summed E-state index contributed by atoms with van der Waals surface area (Å²) in [7, 11) is 1.60. The second-order valence-corrected chi connectivity index (χ2v) is 0.806. The number of carbonyl (C=O) groups is 1. The zero-order valence-corrected chi connectivity index (χ0v) is 3.41. The van der Waals surface area contributed by atoms with Crippen molar-refractivity contribution in [3.63, 3.8) is 0 Å². The van der Waals surface area contributed by atoms with Gasteiger partial charge in [0.2, 0.25) is 5.91 Å². The highest BCUT2D eigenvalue weighted by Gasteiger charge is 1.72. The maximum atomic E-state index is 9.70. The minimum absolute atomic E-state index is 0.00463. The summed E-state index contributed by atoms with van der Waals surface area (Å²) in [6.45, 7) is 1.47. The van der Waals surface area contributed by atoms with E-state index in [0.717, 1.165) is 0 Å². The molecule has 2 heteroatoms. The van der Waals surface area contributed by atoms with Gasteiger partial charge < -0.3 is 5.32 Å². The molecule has 0 radical (unpaired) electrons. The summed E-state index contributed by atoms with van der Waals surface area (Å²) in [6, 6.07) is 0. The molecule has 0 atom stereocenters. The van der Waals surface area contributed by atoms with E-state index >= 15 is 0 Å². The Morgan fingerprint density at radius 2 is 2.00 bits per heavy atom. The topological polar surface area (TPSA) is 29.1 Å². The summed E-state index contributed by atoms with van der Waals surface area (Å²) in [5.74, 6) is 0.00463. The molecule has 0 rings (SSSR count). The Hall–Kier alpha value is -0.530. The molecule has 0 aromatic carbocycles. The minimum Gasteiger partial charge on any atom is -0.359 e. The summed E-state index contributed by atoms with van der Waals surface area (Å²) in [4.78, 5) is 9.70. The van der Waals surface area contributed by atoms with Crippen LogP contribution in [0.15, 0.2) is 0 Å². The highest BCUT2D eigenvalue weighted by molar-refractivity contribution is 5.72. The number of hydrogen-bond donors (Lipinski definition) is 1. The van der Waals surface area contributed by atoms with Crippen LogP contribution in [0.2, 0.25) is 0 Å². The highest BCUT2D eigenvalue weighted by Crippen LogP contribution is 1.45. The largest absolute Gasteiger partial charge is 0.359 e. The van der Waals surface area contributed by atoms with Crippen LogP contribution in [0.3, 0.4) is 0 Å². The van der Waals surface area contributed by atoms with Crippen molar-refractivity contribution in [2.24, 2.45) is 0 Å². The lowest BCUT2D eigenvalue weighted by Gasteiger charge is -1.80. The van der Waals surface area contributed by atoms with Crippen LogP contribution >= 0.6 is 0 Å². The maximum absolute atomic E-state index is 9.70. The second kappa shape index (κ2) is 1.76. The molecule has 0 fully saturated rings. The number of nitrogens with one attached hydrogen (secondary N) is 1. The lowest BCUT2D eigenvalue weighted by molar-refractivity contribution is -0.118. The molecule has 0 unspecified atom stereocenters. The Bertz CT molecular complexity index is 42.2. The molecule has 0 saturated carbocycles. The fourth-order valence-corrected chi connectivity index (χ4v) is 0. The van der Waals surface area contributed by atoms with Crippen molar-refractivity contribution < 1.29 is 4.79 Å². The second-order valence-electron chi connectivity index (χ2n) is 0.806. The van der Waals surface area contributed by atoms with Gasteiger partial charge >= 0.3 is 0 Å². The Kier molecular flexibility index (Phi) is 1.57. The molecule has 0 aliphatic rings. The van der Waals surface area contributed by atoms with Crippen LogP contribution < -0.4 is 5.32 Å². The number of rotatable bonds is 0. The molecule has 0 aromatic heterocycles. The molecule has 1 amide bonds. The Balaban J connectivity index is 2.85. The zero-order chi connectivity index (χ0) is 4.28. The number of carbonyl (C=O) groups excluding carboxylic acids is 1. The van der Waals surface area contributed by atoms with E-state index in [1.165, 1.54) is 6.92 Å². The maximum Gasteiger partial charge on any atom is 0.216 e. The fraction of sp³-hybridized carbons (Fsp3) is 0.667. The Labute approximate surface area is 31.2 Å². The van der Waals surface area contributed by atoms with Gasteiger partial charge in [-0.05, 0) is 0 Å². The first-order chi connectivity index (χ1) is 2.27. The summed E-state index contributed by atoms with van der Waals surface area (Å²) < 4.78 is 0. The Morgan fingerprint density at radius 1 is 1.80 bits per heavy atom. The first-order valence-corrected chi connectivity index (χ1v) is 1.45. The van der Waals surface area contributed by atoms with E-state index in [1.807, 2.05) is 0 Å². The van der Waals surface area contributed by atoms with E-state index in [2.05, 4.69) is 5.32 Å². The molecule has 0 heterocycles. The first-order valence-electron chi connectivity index (χ1n) is 1.45. The quantitative estimate of drug-likeness (QED) is 0.313. The third-order valence-electron chi connectivity index (χ3n) is 0.352. The molecule has 2 nitrogen and oxygen atoms in total. The zero-order valence-electron chi connectivity index (χ0n) is 3.41. The SMILES string of the molecule is [13CH3][15NH][13C]([13CH3])=O. The van der Waals surface area contributed by atoms with Crippen LogP contribution in [0.5, 0.6) is 0 Å². The van der Waals surface area contributed by atoms with Gasteiger partial charge in [0, 0.05) is 14.0 Å². The van der Waals surface area contributed by atoms with Gasteiger partial charge in [-0.2, -0.15) is 0 Å². The average molecular weight is 77.1 g/mol. The van der Waals surface area contributed by atoms with Crippen LogP contribution in [-0.2, 0) is 4.79 Å². The number of amides is 1. The van der Waals surface area contributed by atoms with Gasteiger partial charge in [-0.15, -0.1) is 0 Å². The van der Waals surface area contributed by atoms with Gasteiger partial charge in [0.15, 0.2) is 0 Å². The highest BCUT2D eigenvalue weighted by atomic mass is 16.3. The van der Waals surface area contributed by atoms with Crippen molar-refractivity contribution in [3.8, 4) is 0 Å². The van der Waals surface area contributed by atoms with Crippen molar-refractivity contribution >= 4 is 5.91 Å². The molecule has 1 N–H and O–H groups in total. The van der Waals surface area contributed by atoms with Gasteiger partial charge in [0.05, 0.1) is 0 Å². The van der Waals surface area contributed by atoms with E-state index in [9.17, 15) is 4.79 Å². The van der Waals surface area contributed by atoms with E-state index in [-0.39, 0.29) is 5.91 Å². The van der Waals surface area contributed by atoms with Crippen LogP contribution in [0.1, 0.15) is 6.92 Å². The molecule has 0 aromatic rings. The van der Waals surface area contributed by atoms with Gasteiger partial charge in [0.25, 0.3) is 0 Å². The Morgan fingerprint density at radius 3 is 2.00 bits per heavy atom. The summed E-state index contributed by atoms with van der Waals surface area (Å²) in [6.07, 6.45) is 0. The van der Waals surface area contributed by atoms with Crippen LogP contribution in [0.4, 0.5) is 0 Å². The molecular weight excluding hydrogens is 70.0 g/mol. The van der Waals surface area contributed by atoms with E-state index in [4.69, 9.17) is 0 Å². The van der Waals surface area contributed by atoms with Gasteiger partial charge in [-0.3, -0.25) is 4.79 Å². The molecular formula is C3H7NO. The lowest BCUT2D eigenvalue weighted by Crippen LogP contribution is -2.11. The molecule has 0 aliphatic heterocycles. The lowest BCUT2D eigenvalue weighted by atomic mass is 11.7.